The lowest BCUT2D eigenvalue weighted by atomic mass is 10.2. The largest absolute Gasteiger partial charge is 0.508 e. The molecule has 2 aromatic rings. The monoisotopic (exact) mass is 341 g/mol. The van der Waals surface area contributed by atoms with Crippen molar-refractivity contribution in [2.45, 2.75) is 11.8 Å². The van der Waals surface area contributed by atoms with Gasteiger partial charge >= 0.3 is 0 Å². The molecule has 0 radical (unpaired) electrons. The van der Waals surface area contributed by atoms with Crippen LogP contribution in [0.5, 0.6) is 5.75 Å². The van der Waals surface area contributed by atoms with E-state index in [9.17, 15) is 8.42 Å². The van der Waals surface area contributed by atoms with Crippen LogP contribution in [-0.4, -0.2) is 13.5 Å². The standard InChI is InChI=1S/C13H12BrNO3S/c1-9-2-7-13(12(14)8-9)19(17,18)15-10-3-5-11(16)6-4-10/h2-8,15-16H,1H3. The summed E-state index contributed by atoms with van der Waals surface area (Å²) in [6.07, 6.45) is 0. The third-order valence-corrected chi connectivity index (χ3v) is 4.85. The normalized spacial score (nSPS) is 11.3. The molecule has 0 aliphatic rings. The molecule has 19 heavy (non-hydrogen) atoms. The highest BCUT2D eigenvalue weighted by atomic mass is 79.9. The summed E-state index contributed by atoms with van der Waals surface area (Å²) in [7, 11) is -3.65. The van der Waals surface area contributed by atoms with Crippen LogP contribution in [0.15, 0.2) is 51.8 Å². The van der Waals surface area contributed by atoms with Gasteiger partial charge in [0.1, 0.15) is 10.6 Å². The van der Waals surface area contributed by atoms with Crippen LogP contribution in [-0.2, 0) is 10.0 Å². The van der Waals surface area contributed by atoms with E-state index in [0.29, 0.717) is 10.2 Å². The Morgan fingerprint density at radius 3 is 2.32 bits per heavy atom. The fourth-order valence-corrected chi connectivity index (χ4v) is 3.82. The number of halogens is 1. The number of phenolic OH excluding ortho intramolecular Hbond substituents is 1. The van der Waals surface area contributed by atoms with Crippen molar-refractivity contribution in [1.29, 1.82) is 0 Å². The molecule has 2 N–H and O–H groups in total. The fraction of sp³-hybridized carbons (Fsp3) is 0.0769. The molecule has 0 spiro atoms. The van der Waals surface area contributed by atoms with Crippen molar-refractivity contribution < 1.29 is 13.5 Å². The third kappa shape index (κ3) is 3.27. The van der Waals surface area contributed by atoms with Gasteiger partial charge < -0.3 is 5.11 Å². The molecule has 4 nitrogen and oxygen atoms in total. The molecule has 2 aromatic carbocycles. The molecule has 0 saturated carbocycles. The molecule has 2 rings (SSSR count). The summed E-state index contributed by atoms with van der Waals surface area (Å²) in [4.78, 5) is 0.172. The Morgan fingerprint density at radius 1 is 1.11 bits per heavy atom. The van der Waals surface area contributed by atoms with Crippen molar-refractivity contribution in [3.8, 4) is 5.75 Å². The molecule has 0 fully saturated rings. The van der Waals surface area contributed by atoms with E-state index >= 15 is 0 Å². The van der Waals surface area contributed by atoms with Gasteiger partial charge in [0, 0.05) is 10.2 Å². The van der Waals surface area contributed by atoms with E-state index in [1.54, 1.807) is 18.2 Å². The van der Waals surface area contributed by atoms with Crippen LogP contribution in [0, 0.1) is 6.92 Å². The highest BCUT2D eigenvalue weighted by Gasteiger charge is 2.17. The van der Waals surface area contributed by atoms with E-state index < -0.39 is 10.0 Å². The smallest absolute Gasteiger partial charge is 0.263 e. The molecule has 0 bridgehead atoms. The zero-order valence-corrected chi connectivity index (χ0v) is 12.5. The van der Waals surface area contributed by atoms with Gasteiger partial charge in [-0.25, -0.2) is 8.42 Å². The first-order chi connectivity index (χ1) is 8.88. The lowest BCUT2D eigenvalue weighted by molar-refractivity contribution is 0.475. The molecule has 0 aliphatic carbocycles. The number of aromatic hydroxyl groups is 1. The minimum atomic E-state index is -3.65. The molecule has 0 heterocycles. The van der Waals surface area contributed by atoms with Gasteiger partial charge in [0.05, 0.1) is 0 Å². The average molecular weight is 342 g/mol. The predicted molar refractivity (Wildman–Crippen MR) is 77.8 cm³/mol. The maximum atomic E-state index is 12.2. The number of nitrogens with one attached hydrogen (secondary N) is 1. The number of sulfonamides is 1. The minimum Gasteiger partial charge on any atom is -0.508 e. The van der Waals surface area contributed by atoms with Gasteiger partial charge in [-0.05, 0) is 64.8 Å². The van der Waals surface area contributed by atoms with E-state index in [2.05, 4.69) is 20.7 Å². The van der Waals surface area contributed by atoms with Crippen molar-refractivity contribution in [2.75, 3.05) is 4.72 Å². The van der Waals surface area contributed by atoms with Gasteiger partial charge in [-0.1, -0.05) is 6.07 Å². The predicted octanol–water partition coefficient (Wildman–Crippen LogP) is 3.26. The number of anilines is 1. The highest BCUT2D eigenvalue weighted by Crippen LogP contribution is 2.25. The first-order valence-corrected chi connectivity index (χ1v) is 7.74. The lowest BCUT2D eigenvalue weighted by Gasteiger charge is -2.10. The molecule has 0 atom stereocenters. The molecule has 0 aliphatic heterocycles. The van der Waals surface area contributed by atoms with Gasteiger partial charge in [0.15, 0.2) is 0 Å². The second-order valence-corrected chi connectivity index (χ2v) is 6.59. The number of benzene rings is 2. The van der Waals surface area contributed by atoms with E-state index in [-0.39, 0.29) is 10.6 Å². The Hall–Kier alpha value is -1.53. The molecule has 0 unspecified atom stereocenters. The Morgan fingerprint density at radius 2 is 1.74 bits per heavy atom. The summed E-state index contributed by atoms with van der Waals surface area (Å²) in [5.41, 5.74) is 1.36. The number of aryl methyl sites for hydroxylation is 1. The van der Waals surface area contributed by atoms with Crippen LogP contribution in [0.25, 0.3) is 0 Å². The lowest BCUT2D eigenvalue weighted by Crippen LogP contribution is -2.13. The van der Waals surface area contributed by atoms with Crippen LogP contribution in [0.3, 0.4) is 0 Å². The van der Waals surface area contributed by atoms with Gasteiger partial charge in [0.2, 0.25) is 0 Å². The first kappa shape index (κ1) is 13.9. The molecule has 0 amide bonds. The maximum absolute atomic E-state index is 12.2. The number of rotatable bonds is 3. The molecule has 0 aromatic heterocycles. The van der Waals surface area contributed by atoms with Crippen LogP contribution >= 0.6 is 15.9 Å². The fourth-order valence-electron chi connectivity index (χ4n) is 1.56. The quantitative estimate of drug-likeness (QED) is 0.842. The zero-order valence-electron chi connectivity index (χ0n) is 10.1. The Kier molecular flexibility index (Phi) is 3.82. The van der Waals surface area contributed by atoms with Crippen molar-refractivity contribution >= 4 is 31.6 Å². The Balaban J connectivity index is 2.35. The van der Waals surface area contributed by atoms with Crippen LogP contribution < -0.4 is 4.72 Å². The van der Waals surface area contributed by atoms with Crippen LogP contribution in [0.4, 0.5) is 5.69 Å². The highest BCUT2D eigenvalue weighted by molar-refractivity contribution is 9.10. The van der Waals surface area contributed by atoms with Crippen molar-refractivity contribution in [3.05, 3.63) is 52.5 Å². The van der Waals surface area contributed by atoms with Crippen molar-refractivity contribution in [3.63, 3.8) is 0 Å². The molecule has 0 saturated heterocycles. The first-order valence-electron chi connectivity index (χ1n) is 5.46. The Bertz CT molecular complexity index is 696. The molecular formula is C13H12BrNO3S. The number of phenols is 1. The summed E-state index contributed by atoms with van der Waals surface area (Å²) in [6, 6.07) is 10.8. The average Bonchev–Trinajstić information content (AvgIpc) is 2.31. The topological polar surface area (TPSA) is 66.4 Å². The Labute approximate surface area is 120 Å². The van der Waals surface area contributed by atoms with E-state index in [1.165, 1.54) is 24.3 Å². The summed E-state index contributed by atoms with van der Waals surface area (Å²) in [5, 5.41) is 9.16. The number of hydrogen-bond donors (Lipinski definition) is 2. The van der Waals surface area contributed by atoms with Crippen LogP contribution in [0.2, 0.25) is 0 Å². The molecule has 100 valence electrons. The van der Waals surface area contributed by atoms with Gasteiger partial charge in [0.25, 0.3) is 10.0 Å². The summed E-state index contributed by atoms with van der Waals surface area (Å²) < 4.78 is 27.4. The van der Waals surface area contributed by atoms with Gasteiger partial charge in [-0.2, -0.15) is 0 Å². The summed E-state index contributed by atoms with van der Waals surface area (Å²) >= 11 is 3.25. The minimum absolute atomic E-state index is 0.0828. The van der Waals surface area contributed by atoms with E-state index in [1.807, 2.05) is 6.92 Å². The summed E-state index contributed by atoms with van der Waals surface area (Å²) in [6.45, 7) is 1.88. The van der Waals surface area contributed by atoms with E-state index in [0.717, 1.165) is 5.56 Å². The zero-order chi connectivity index (χ0) is 14.0. The SMILES string of the molecule is Cc1ccc(S(=O)(=O)Nc2ccc(O)cc2)c(Br)c1. The third-order valence-electron chi connectivity index (χ3n) is 2.50. The van der Waals surface area contributed by atoms with E-state index in [4.69, 9.17) is 5.11 Å². The molecule has 6 heteroatoms. The summed E-state index contributed by atoms with van der Waals surface area (Å²) in [5.74, 6) is 0.0828. The van der Waals surface area contributed by atoms with Crippen molar-refractivity contribution in [2.24, 2.45) is 0 Å². The molecular weight excluding hydrogens is 330 g/mol. The second-order valence-electron chi connectivity index (χ2n) is 4.09. The van der Waals surface area contributed by atoms with Gasteiger partial charge in [-0.3, -0.25) is 4.72 Å². The number of hydrogen-bond acceptors (Lipinski definition) is 3. The van der Waals surface area contributed by atoms with Crippen molar-refractivity contribution in [1.82, 2.24) is 0 Å². The van der Waals surface area contributed by atoms with Crippen LogP contribution in [0.1, 0.15) is 5.56 Å². The maximum Gasteiger partial charge on any atom is 0.263 e. The van der Waals surface area contributed by atoms with Gasteiger partial charge in [-0.15, -0.1) is 0 Å². The second kappa shape index (κ2) is 5.22.